The molecule has 2 nitrogen and oxygen atoms in total. The number of para-hydroxylation sites is 1. The van der Waals surface area contributed by atoms with E-state index >= 15 is 0 Å². The summed E-state index contributed by atoms with van der Waals surface area (Å²) in [4.78, 5) is 12.6. The van der Waals surface area contributed by atoms with Crippen LogP contribution < -0.4 is 21.5 Å². The van der Waals surface area contributed by atoms with Crippen LogP contribution in [-0.4, -0.2) is 5.78 Å². The summed E-state index contributed by atoms with van der Waals surface area (Å²) in [5, 5.41) is 0. The highest BCUT2D eigenvalue weighted by Gasteiger charge is 2.16. The summed E-state index contributed by atoms with van der Waals surface area (Å²) < 4.78 is 3.22. The van der Waals surface area contributed by atoms with E-state index in [0.717, 1.165) is 22.2 Å². The van der Waals surface area contributed by atoms with Gasteiger partial charge in [-0.3, -0.25) is 4.79 Å². The van der Waals surface area contributed by atoms with Crippen LogP contribution in [0.3, 0.4) is 0 Å². The summed E-state index contributed by atoms with van der Waals surface area (Å²) in [6.45, 7) is 0.370. The molecule has 124 valence electrons. The Morgan fingerprint density at radius 2 is 1.44 bits per heavy atom. The third-order valence-electron chi connectivity index (χ3n) is 4.11. The fraction of sp³-hybridized carbons (Fsp3) is 0.0476. The Morgan fingerprint density at radius 3 is 2.20 bits per heavy atom. The van der Waals surface area contributed by atoms with Crippen LogP contribution in [0.2, 0.25) is 0 Å². The van der Waals surface area contributed by atoms with E-state index in [4.69, 9.17) is 0 Å². The summed E-state index contributed by atoms with van der Waals surface area (Å²) >= 11 is 1.66. The second-order valence-corrected chi connectivity index (χ2v) is 6.57. The molecular formula is C21H16BrNOS. The molecule has 0 aliphatic carbocycles. The molecule has 0 N–H and O–H groups in total. The minimum Gasteiger partial charge on any atom is -1.00 e. The first-order valence-corrected chi connectivity index (χ1v) is 8.73. The van der Waals surface area contributed by atoms with E-state index in [0.29, 0.717) is 6.54 Å². The van der Waals surface area contributed by atoms with Gasteiger partial charge in [-0.15, -0.1) is 0 Å². The number of fused-ring (bicyclic) bond motifs is 1. The molecule has 1 aromatic heterocycles. The number of hydrogen-bond donors (Lipinski definition) is 0. The Morgan fingerprint density at radius 1 is 0.800 bits per heavy atom. The van der Waals surface area contributed by atoms with Gasteiger partial charge >= 0.3 is 0 Å². The van der Waals surface area contributed by atoms with Crippen molar-refractivity contribution in [2.75, 3.05) is 0 Å². The number of halogens is 1. The van der Waals surface area contributed by atoms with E-state index in [1.54, 1.807) is 11.3 Å². The van der Waals surface area contributed by atoms with Crippen molar-refractivity contribution in [3.63, 3.8) is 0 Å². The van der Waals surface area contributed by atoms with Crippen LogP contribution in [-0.2, 0) is 6.54 Å². The number of carbonyl (C=O) groups is 1. The van der Waals surface area contributed by atoms with Crippen molar-refractivity contribution >= 4 is 27.3 Å². The van der Waals surface area contributed by atoms with Crippen molar-refractivity contribution in [3.8, 4) is 11.1 Å². The summed E-state index contributed by atoms with van der Waals surface area (Å²) in [7, 11) is 0. The maximum Gasteiger partial charge on any atom is 0.227 e. The molecule has 0 saturated heterocycles. The van der Waals surface area contributed by atoms with Crippen LogP contribution in [0.5, 0.6) is 0 Å². The fourth-order valence-electron chi connectivity index (χ4n) is 2.82. The lowest BCUT2D eigenvalue weighted by Gasteiger charge is -2.03. The molecule has 0 atom stereocenters. The second kappa shape index (κ2) is 7.72. The summed E-state index contributed by atoms with van der Waals surface area (Å²) in [5.41, 5.74) is 6.16. The summed E-state index contributed by atoms with van der Waals surface area (Å²) in [6.07, 6.45) is 0. The van der Waals surface area contributed by atoms with Crippen LogP contribution >= 0.6 is 11.3 Å². The molecular weight excluding hydrogens is 394 g/mol. The highest BCUT2D eigenvalue weighted by molar-refractivity contribution is 7.16. The number of nitrogens with zero attached hydrogens (tertiary/aromatic N) is 1. The zero-order chi connectivity index (χ0) is 16.4. The fourth-order valence-corrected chi connectivity index (χ4v) is 3.71. The highest BCUT2D eigenvalue weighted by Crippen LogP contribution is 2.20. The van der Waals surface area contributed by atoms with E-state index in [1.807, 2.05) is 64.7 Å². The zero-order valence-electron chi connectivity index (χ0n) is 13.4. The van der Waals surface area contributed by atoms with E-state index in [9.17, 15) is 4.79 Å². The third-order valence-corrected chi connectivity index (χ3v) is 5.07. The summed E-state index contributed by atoms with van der Waals surface area (Å²) in [6, 6.07) is 26.2. The van der Waals surface area contributed by atoms with Crippen LogP contribution in [0.25, 0.3) is 21.3 Å². The Labute approximate surface area is 161 Å². The Bertz CT molecular complexity index is 993. The smallest absolute Gasteiger partial charge is 0.227 e. The summed E-state index contributed by atoms with van der Waals surface area (Å²) in [5.74, 6) is 0.128. The third kappa shape index (κ3) is 3.70. The van der Waals surface area contributed by atoms with Crippen LogP contribution in [0, 0.1) is 0 Å². The van der Waals surface area contributed by atoms with Gasteiger partial charge in [0.25, 0.3) is 0 Å². The standard InChI is InChI=1S/C21H16NOS.BrH/c23-20(14-22-15-24-21-9-5-4-8-19(21)22)18-12-10-17(11-13-18)16-6-2-1-3-7-16;/h1-13,15H,14H2;1H/q+1;/p-1. The first kappa shape index (κ1) is 17.5. The lowest BCUT2D eigenvalue weighted by molar-refractivity contribution is -0.652. The van der Waals surface area contributed by atoms with Gasteiger partial charge in [-0.2, -0.15) is 4.57 Å². The van der Waals surface area contributed by atoms with Gasteiger partial charge in [0.2, 0.25) is 23.4 Å². The molecule has 0 amide bonds. The predicted octanol–water partition coefficient (Wildman–Crippen LogP) is 1.74. The van der Waals surface area contributed by atoms with Crippen LogP contribution in [0.4, 0.5) is 0 Å². The average molecular weight is 410 g/mol. The van der Waals surface area contributed by atoms with Crippen LogP contribution in [0.15, 0.2) is 84.4 Å². The van der Waals surface area contributed by atoms with Crippen molar-refractivity contribution in [2.45, 2.75) is 6.54 Å². The molecule has 4 aromatic rings. The average Bonchev–Trinajstić information content (AvgIpc) is 3.06. The maximum atomic E-state index is 12.6. The molecule has 1 heterocycles. The Kier molecular flexibility index (Phi) is 5.41. The molecule has 0 fully saturated rings. The number of thiazole rings is 1. The number of carbonyl (C=O) groups excluding carboxylic acids is 1. The second-order valence-electron chi connectivity index (χ2n) is 5.69. The monoisotopic (exact) mass is 409 g/mol. The van der Waals surface area contributed by atoms with Gasteiger partial charge in [0.05, 0.1) is 0 Å². The number of benzene rings is 3. The minimum atomic E-state index is 0. The highest BCUT2D eigenvalue weighted by atomic mass is 79.9. The van der Waals surface area contributed by atoms with Crippen LogP contribution in [0.1, 0.15) is 10.4 Å². The van der Waals surface area contributed by atoms with Gasteiger partial charge in [-0.25, -0.2) is 0 Å². The Hall–Kier alpha value is -2.30. The molecule has 0 bridgehead atoms. The molecule has 0 aliphatic rings. The van der Waals surface area contributed by atoms with Crippen molar-refractivity contribution < 1.29 is 26.3 Å². The maximum absolute atomic E-state index is 12.6. The van der Waals surface area contributed by atoms with Crippen molar-refractivity contribution in [1.29, 1.82) is 0 Å². The Balaban J connectivity index is 0.00000182. The first-order chi connectivity index (χ1) is 11.8. The predicted molar refractivity (Wildman–Crippen MR) is 98.2 cm³/mol. The molecule has 4 heteroatoms. The molecule has 0 spiro atoms. The molecule has 0 unspecified atom stereocenters. The number of ketones is 1. The van der Waals surface area contributed by atoms with Gasteiger partial charge in [-0.05, 0) is 17.2 Å². The van der Waals surface area contributed by atoms with Crippen molar-refractivity contribution in [2.24, 2.45) is 0 Å². The zero-order valence-corrected chi connectivity index (χ0v) is 15.8. The molecule has 0 saturated carbocycles. The lowest BCUT2D eigenvalue weighted by atomic mass is 10.0. The molecule has 3 aromatic carbocycles. The van der Waals surface area contributed by atoms with E-state index in [-0.39, 0.29) is 22.8 Å². The van der Waals surface area contributed by atoms with E-state index in [2.05, 4.69) is 24.3 Å². The number of Topliss-reactive ketones (excluding diaryl/α,β-unsaturated/α-hetero) is 1. The van der Waals surface area contributed by atoms with Gasteiger partial charge in [-0.1, -0.05) is 78.1 Å². The number of rotatable bonds is 4. The minimum absolute atomic E-state index is 0. The topological polar surface area (TPSA) is 20.9 Å². The van der Waals surface area contributed by atoms with E-state index in [1.165, 1.54) is 4.70 Å². The molecule has 4 rings (SSSR count). The molecule has 25 heavy (non-hydrogen) atoms. The first-order valence-electron chi connectivity index (χ1n) is 7.85. The van der Waals surface area contributed by atoms with E-state index < -0.39 is 0 Å². The van der Waals surface area contributed by atoms with Crippen molar-refractivity contribution in [1.82, 2.24) is 0 Å². The molecule has 0 radical (unpaired) electrons. The van der Waals surface area contributed by atoms with Crippen molar-refractivity contribution in [3.05, 3.63) is 89.9 Å². The normalized spacial score (nSPS) is 10.4. The lowest BCUT2D eigenvalue weighted by Crippen LogP contribution is -3.00. The number of aromatic nitrogens is 1. The number of hydrogen-bond acceptors (Lipinski definition) is 2. The van der Waals surface area contributed by atoms with Gasteiger partial charge < -0.3 is 17.0 Å². The SMILES string of the molecule is O=C(C[n+]1csc2ccccc21)c1ccc(-c2ccccc2)cc1.[Br-]. The van der Waals surface area contributed by atoms with Gasteiger partial charge in [0.1, 0.15) is 4.70 Å². The quantitative estimate of drug-likeness (QED) is 0.371. The molecule has 0 aliphatic heterocycles. The van der Waals surface area contributed by atoms with Gasteiger partial charge in [0.15, 0.2) is 0 Å². The van der Waals surface area contributed by atoms with Gasteiger partial charge in [0, 0.05) is 11.6 Å². The largest absolute Gasteiger partial charge is 1.00 e.